The van der Waals surface area contributed by atoms with Crippen LogP contribution < -0.4 is 0 Å². The number of thioether (sulfide) groups is 1. The Hall–Kier alpha value is -0.0900. The molecular formula is C11H20S. The maximum Gasteiger partial charge on any atom is 0.0705 e. The van der Waals surface area contributed by atoms with E-state index in [4.69, 9.17) is 6.42 Å². The molecule has 2 atom stereocenters. The van der Waals surface area contributed by atoms with Gasteiger partial charge in [0, 0.05) is 5.25 Å². The van der Waals surface area contributed by atoms with E-state index in [1.54, 1.807) is 0 Å². The molecule has 0 nitrogen and oxygen atoms in total. The molecule has 0 heterocycles. The molecule has 0 aromatic carbocycles. The molecule has 0 bridgehead atoms. The van der Waals surface area contributed by atoms with Crippen molar-refractivity contribution in [2.75, 3.05) is 0 Å². The second-order valence-electron chi connectivity index (χ2n) is 4.27. The van der Waals surface area contributed by atoms with E-state index >= 15 is 0 Å². The Morgan fingerprint density at radius 3 is 2.17 bits per heavy atom. The summed E-state index contributed by atoms with van der Waals surface area (Å²) in [6.07, 6.45) is 6.68. The molecule has 0 spiro atoms. The van der Waals surface area contributed by atoms with E-state index in [9.17, 15) is 0 Å². The summed E-state index contributed by atoms with van der Waals surface area (Å²) in [4.78, 5) is 0. The van der Waals surface area contributed by atoms with Gasteiger partial charge in [-0.1, -0.05) is 40.5 Å². The maximum atomic E-state index is 5.49. The summed E-state index contributed by atoms with van der Waals surface area (Å²) in [5, 5.41) is 1.01. The fourth-order valence-electron chi connectivity index (χ4n) is 0.822. The summed E-state index contributed by atoms with van der Waals surface area (Å²) in [6.45, 7) is 11.0. The molecule has 0 aliphatic heterocycles. The molecule has 0 aliphatic rings. The molecule has 0 aromatic rings. The van der Waals surface area contributed by atoms with Gasteiger partial charge in [0.15, 0.2) is 0 Å². The number of rotatable bonds is 3. The van der Waals surface area contributed by atoms with Crippen LogP contribution in [0.5, 0.6) is 0 Å². The van der Waals surface area contributed by atoms with E-state index in [0.717, 1.165) is 0 Å². The highest BCUT2D eigenvalue weighted by atomic mass is 32.2. The minimum atomic E-state index is 0.225. The number of hydrogen-bond donors (Lipinski definition) is 0. The average Bonchev–Trinajstić information content (AvgIpc) is 1.97. The van der Waals surface area contributed by atoms with Gasteiger partial charge in [-0.2, -0.15) is 0 Å². The molecule has 70 valence electrons. The first-order valence-corrected chi connectivity index (χ1v) is 5.47. The van der Waals surface area contributed by atoms with Gasteiger partial charge in [-0.15, -0.1) is 18.2 Å². The van der Waals surface area contributed by atoms with E-state index in [0.29, 0.717) is 10.5 Å². The molecule has 0 saturated heterocycles. The smallest absolute Gasteiger partial charge is 0.0705 e. The fraction of sp³-hybridized carbons (Fsp3) is 0.818. The van der Waals surface area contributed by atoms with Crippen LogP contribution in [-0.2, 0) is 0 Å². The molecule has 0 aromatic heterocycles. The largest absolute Gasteiger partial charge is 0.142 e. The van der Waals surface area contributed by atoms with Gasteiger partial charge in [0.1, 0.15) is 0 Å². The molecular weight excluding hydrogens is 164 g/mol. The van der Waals surface area contributed by atoms with Gasteiger partial charge in [0.05, 0.1) is 5.25 Å². The molecule has 0 rings (SSSR count). The summed E-state index contributed by atoms with van der Waals surface area (Å²) >= 11 is 1.92. The molecule has 2 unspecified atom stereocenters. The van der Waals surface area contributed by atoms with Gasteiger partial charge < -0.3 is 0 Å². The molecule has 0 aliphatic carbocycles. The van der Waals surface area contributed by atoms with Gasteiger partial charge in [-0.05, 0) is 11.8 Å². The SMILES string of the molecule is C#CC(SC(C)CC)C(C)(C)C. The standard InChI is InChI=1S/C11H20S/c1-7-9(3)12-10(8-2)11(4,5)6/h2,9-10H,7H2,1,3-6H3. The Labute approximate surface area is 81.5 Å². The van der Waals surface area contributed by atoms with Crippen molar-refractivity contribution >= 4 is 11.8 Å². The predicted molar refractivity (Wildman–Crippen MR) is 59.4 cm³/mol. The first kappa shape index (κ1) is 11.9. The second-order valence-corrected chi connectivity index (χ2v) is 5.82. The topological polar surface area (TPSA) is 0 Å². The lowest BCUT2D eigenvalue weighted by Crippen LogP contribution is -2.23. The highest BCUT2D eigenvalue weighted by Crippen LogP contribution is 2.33. The van der Waals surface area contributed by atoms with E-state index in [1.165, 1.54) is 6.42 Å². The van der Waals surface area contributed by atoms with Crippen molar-refractivity contribution in [3.8, 4) is 12.3 Å². The molecule has 12 heavy (non-hydrogen) atoms. The van der Waals surface area contributed by atoms with Gasteiger partial charge in [-0.25, -0.2) is 0 Å². The van der Waals surface area contributed by atoms with Crippen LogP contribution in [0.4, 0.5) is 0 Å². The highest BCUT2D eigenvalue weighted by molar-refractivity contribution is 8.00. The number of terminal acetylenes is 1. The van der Waals surface area contributed by atoms with Crippen molar-refractivity contribution < 1.29 is 0 Å². The Kier molecular flexibility index (Phi) is 4.78. The Morgan fingerprint density at radius 2 is 1.92 bits per heavy atom. The zero-order valence-corrected chi connectivity index (χ0v) is 9.66. The predicted octanol–water partition coefficient (Wildman–Crippen LogP) is 3.57. The molecule has 1 heteroatoms. The lowest BCUT2D eigenvalue weighted by atomic mass is 9.92. The summed E-state index contributed by atoms with van der Waals surface area (Å²) in [5.74, 6) is 2.87. The Balaban J connectivity index is 4.12. The van der Waals surface area contributed by atoms with Gasteiger partial charge in [0.2, 0.25) is 0 Å². The zero-order valence-electron chi connectivity index (χ0n) is 8.85. The van der Waals surface area contributed by atoms with Crippen LogP contribution in [0.3, 0.4) is 0 Å². The second kappa shape index (κ2) is 4.82. The van der Waals surface area contributed by atoms with Gasteiger partial charge >= 0.3 is 0 Å². The summed E-state index contributed by atoms with van der Waals surface area (Å²) < 4.78 is 0. The van der Waals surface area contributed by atoms with E-state index in [1.807, 2.05) is 11.8 Å². The van der Waals surface area contributed by atoms with Crippen molar-refractivity contribution in [2.45, 2.75) is 51.5 Å². The monoisotopic (exact) mass is 184 g/mol. The van der Waals surface area contributed by atoms with Crippen LogP contribution in [0.15, 0.2) is 0 Å². The quantitative estimate of drug-likeness (QED) is 0.604. The average molecular weight is 184 g/mol. The first-order valence-electron chi connectivity index (χ1n) is 4.53. The molecule has 0 saturated carbocycles. The molecule has 0 amide bonds. The minimum Gasteiger partial charge on any atom is -0.142 e. The van der Waals surface area contributed by atoms with Crippen molar-refractivity contribution in [3.63, 3.8) is 0 Å². The van der Waals surface area contributed by atoms with E-state index in [2.05, 4.69) is 40.5 Å². The lowest BCUT2D eigenvalue weighted by molar-refractivity contribution is 0.438. The molecule has 0 N–H and O–H groups in total. The van der Waals surface area contributed by atoms with Crippen LogP contribution in [0.2, 0.25) is 0 Å². The van der Waals surface area contributed by atoms with Crippen molar-refractivity contribution in [1.82, 2.24) is 0 Å². The third-order valence-electron chi connectivity index (χ3n) is 1.88. The van der Waals surface area contributed by atoms with Gasteiger partial charge in [-0.3, -0.25) is 0 Å². The summed E-state index contributed by atoms with van der Waals surface area (Å²) in [6, 6.07) is 0. The minimum absolute atomic E-state index is 0.225. The summed E-state index contributed by atoms with van der Waals surface area (Å²) in [7, 11) is 0. The lowest BCUT2D eigenvalue weighted by Gasteiger charge is -2.27. The molecule has 0 fully saturated rings. The number of hydrogen-bond acceptors (Lipinski definition) is 1. The van der Waals surface area contributed by atoms with Crippen LogP contribution in [0.25, 0.3) is 0 Å². The third-order valence-corrected chi connectivity index (χ3v) is 3.79. The van der Waals surface area contributed by atoms with Crippen LogP contribution in [-0.4, -0.2) is 10.5 Å². The first-order chi connectivity index (χ1) is 5.41. The Bertz CT molecular complexity index is 159. The normalized spacial score (nSPS) is 16.7. The van der Waals surface area contributed by atoms with Crippen LogP contribution in [0.1, 0.15) is 41.0 Å². The highest BCUT2D eigenvalue weighted by Gasteiger charge is 2.24. The van der Waals surface area contributed by atoms with E-state index < -0.39 is 0 Å². The third kappa shape index (κ3) is 4.07. The van der Waals surface area contributed by atoms with Gasteiger partial charge in [0.25, 0.3) is 0 Å². The van der Waals surface area contributed by atoms with Crippen molar-refractivity contribution in [1.29, 1.82) is 0 Å². The fourth-order valence-corrected chi connectivity index (χ4v) is 1.97. The summed E-state index contributed by atoms with van der Waals surface area (Å²) in [5.41, 5.74) is 0.225. The van der Waals surface area contributed by atoms with Crippen LogP contribution >= 0.6 is 11.8 Å². The molecule has 0 radical (unpaired) electrons. The van der Waals surface area contributed by atoms with Crippen LogP contribution in [0, 0.1) is 17.8 Å². The van der Waals surface area contributed by atoms with Crippen molar-refractivity contribution in [2.24, 2.45) is 5.41 Å². The van der Waals surface area contributed by atoms with E-state index in [-0.39, 0.29) is 5.41 Å². The van der Waals surface area contributed by atoms with Crippen molar-refractivity contribution in [3.05, 3.63) is 0 Å². The Morgan fingerprint density at radius 1 is 1.42 bits per heavy atom. The zero-order chi connectivity index (χ0) is 9.78. The maximum absolute atomic E-state index is 5.49.